The van der Waals surface area contributed by atoms with E-state index < -0.39 is 0 Å². The Labute approximate surface area is 39.6 Å². The summed E-state index contributed by atoms with van der Waals surface area (Å²) < 4.78 is 0. The van der Waals surface area contributed by atoms with Crippen LogP contribution in [0.4, 0.5) is 0 Å². The predicted octanol–water partition coefficient (Wildman–Crippen LogP) is 1.78. The van der Waals surface area contributed by atoms with E-state index in [-0.39, 0.29) is 0 Å². The Morgan fingerprint density at radius 1 is 0.667 bits per heavy atom. The third-order valence-electron chi connectivity index (χ3n) is 1.00. The maximum Gasteiger partial charge on any atom is -0.0380 e. The third-order valence-corrected chi connectivity index (χ3v) is 1.00. The molecule has 1 rings (SSSR count). The van der Waals surface area contributed by atoms with Crippen molar-refractivity contribution >= 4 is 0 Å². The Kier molecular flexibility index (Phi) is 1.54. The van der Waals surface area contributed by atoms with E-state index in [1.54, 1.807) is 0 Å². The maximum absolute atomic E-state index is 2.28. The molecule has 0 heteroatoms. The van der Waals surface area contributed by atoms with Crippen LogP contribution in [0.25, 0.3) is 0 Å². The summed E-state index contributed by atoms with van der Waals surface area (Å²) in [5, 5.41) is 0. The summed E-state index contributed by atoms with van der Waals surface area (Å²) in [6, 6.07) is 0. The van der Waals surface area contributed by atoms with Gasteiger partial charge in [-0.15, -0.1) is 0 Å². The standard InChI is InChI=1S/C6H9/c1-2-4-6-5-3-1/h1,4-5H,2-3,6H2. The van der Waals surface area contributed by atoms with E-state index in [0.29, 0.717) is 0 Å². The fraction of sp³-hybridized carbons (Fsp3) is 0.500. The molecule has 0 unspecified atom stereocenters. The highest BCUT2D eigenvalue weighted by atomic mass is 14.0. The highest BCUT2D eigenvalue weighted by Crippen LogP contribution is 2.12. The second-order valence-corrected chi connectivity index (χ2v) is 1.57. The molecule has 1 aliphatic carbocycles. The lowest BCUT2D eigenvalue weighted by molar-refractivity contribution is 0.840. The van der Waals surface area contributed by atoms with E-state index in [1.807, 2.05) is 0 Å². The lowest BCUT2D eigenvalue weighted by Gasteiger charge is -2.04. The average Bonchev–Trinajstić information content (AvgIpc) is 1.72. The van der Waals surface area contributed by atoms with Gasteiger partial charge in [-0.2, -0.15) is 0 Å². The van der Waals surface area contributed by atoms with Gasteiger partial charge in [-0.1, -0.05) is 0 Å². The smallest absolute Gasteiger partial charge is 0.0380 e. The molecule has 0 bridgehead atoms. The summed E-state index contributed by atoms with van der Waals surface area (Å²) in [6.07, 6.45) is 10.5. The van der Waals surface area contributed by atoms with Gasteiger partial charge < -0.3 is 0 Å². The molecule has 0 aromatic carbocycles. The molecule has 0 saturated heterocycles. The normalized spacial score (nSPS) is 24.0. The second-order valence-electron chi connectivity index (χ2n) is 1.57. The molecule has 1 fully saturated rings. The van der Waals surface area contributed by atoms with Crippen molar-refractivity contribution in [2.75, 3.05) is 0 Å². The zero-order valence-electron chi connectivity index (χ0n) is 3.85. The van der Waals surface area contributed by atoms with Gasteiger partial charge >= 0.3 is 0 Å². The minimum Gasteiger partial charge on any atom is -0.0470 e. The van der Waals surface area contributed by atoms with E-state index in [0.717, 1.165) is 0 Å². The van der Waals surface area contributed by atoms with Crippen molar-refractivity contribution in [1.29, 1.82) is 0 Å². The summed E-state index contributed by atoms with van der Waals surface area (Å²) in [5.74, 6) is 0. The van der Waals surface area contributed by atoms with Crippen LogP contribution in [-0.2, 0) is 0 Å². The monoisotopic (exact) mass is 81.1 g/mol. The molecular weight excluding hydrogens is 72.1 g/mol. The zero-order valence-corrected chi connectivity index (χ0v) is 3.85. The fourth-order valence-corrected chi connectivity index (χ4v) is 0.642. The van der Waals surface area contributed by atoms with Gasteiger partial charge in [-0.05, 0) is 38.5 Å². The van der Waals surface area contributed by atoms with Crippen LogP contribution >= 0.6 is 0 Å². The summed E-state index contributed by atoms with van der Waals surface area (Å²) in [6.45, 7) is 0. The Morgan fingerprint density at radius 3 is 1.17 bits per heavy atom. The molecule has 1 aliphatic rings. The van der Waals surface area contributed by atoms with Gasteiger partial charge in [0.2, 0.25) is 0 Å². The minimum atomic E-state index is 1.22. The van der Waals surface area contributed by atoms with Gasteiger partial charge in [0.05, 0.1) is 0 Å². The summed E-state index contributed by atoms with van der Waals surface area (Å²) >= 11 is 0. The van der Waals surface area contributed by atoms with E-state index in [2.05, 4.69) is 19.3 Å². The first kappa shape index (κ1) is 4.17. The van der Waals surface area contributed by atoms with Crippen LogP contribution in [0.5, 0.6) is 0 Å². The lowest BCUT2D eigenvalue weighted by Crippen LogP contribution is -1.89. The Hall–Kier alpha value is 0. The van der Waals surface area contributed by atoms with Crippen LogP contribution < -0.4 is 0 Å². The van der Waals surface area contributed by atoms with Crippen LogP contribution in [0.3, 0.4) is 0 Å². The highest BCUT2D eigenvalue weighted by molar-refractivity contribution is 4.91. The quantitative estimate of drug-likeness (QED) is 0.417. The van der Waals surface area contributed by atoms with Gasteiger partial charge in [0.15, 0.2) is 0 Å². The topological polar surface area (TPSA) is 0 Å². The Morgan fingerprint density at radius 2 is 1.00 bits per heavy atom. The molecule has 0 aromatic rings. The van der Waals surface area contributed by atoms with Crippen LogP contribution in [0.2, 0.25) is 0 Å². The summed E-state index contributed by atoms with van der Waals surface area (Å²) in [5.41, 5.74) is 0. The first-order valence-electron chi connectivity index (χ1n) is 2.45. The molecule has 6 heavy (non-hydrogen) atoms. The average molecular weight is 81.1 g/mol. The first-order chi connectivity index (χ1) is 3.00. The molecule has 0 amide bonds. The summed E-state index contributed by atoms with van der Waals surface area (Å²) in [7, 11) is 0. The summed E-state index contributed by atoms with van der Waals surface area (Å²) in [4.78, 5) is 0. The number of hydrogen-bond acceptors (Lipinski definition) is 0. The number of rotatable bonds is 0. The van der Waals surface area contributed by atoms with Crippen LogP contribution in [0.15, 0.2) is 0 Å². The molecule has 1 saturated carbocycles. The zero-order chi connectivity index (χ0) is 4.24. The van der Waals surface area contributed by atoms with Gasteiger partial charge in [-0.25, -0.2) is 0 Å². The van der Waals surface area contributed by atoms with Crippen molar-refractivity contribution in [2.45, 2.75) is 19.3 Å². The second kappa shape index (κ2) is 2.22. The van der Waals surface area contributed by atoms with Gasteiger partial charge in [0.25, 0.3) is 0 Å². The van der Waals surface area contributed by atoms with Crippen LogP contribution in [0, 0.1) is 19.3 Å². The van der Waals surface area contributed by atoms with E-state index in [9.17, 15) is 0 Å². The molecule has 0 aliphatic heterocycles. The first-order valence-corrected chi connectivity index (χ1v) is 2.45. The number of hydrogen-bond donors (Lipinski definition) is 0. The molecular formula is C6H9. The fourth-order valence-electron chi connectivity index (χ4n) is 0.642. The maximum atomic E-state index is 2.28. The molecule has 0 aromatic heterocycles. The molecule has 0 nitrogen and oxygen atoms in total. The van der Waals surface area contributed by atoms with Crippen molar-refractivity contribution in [3.63, 3.8) is 0 Å². The van der Waals surface area contributed by atoms with Crippen molar-refractivity contribution in [1.82, 2.24) is 0 Å². The predicted molar refractivity (Wildman–Crippen MR) is 26.8 cm³/mol. The molecule has 33 valence electrons. The molecule has 0 spiro atoms. The van der Waals surface area contributed by atoms with Crippen molar-refractivity contribution in [3.05, 3.63) is 19.3 Å². The molecule has 3 radical (unpaired) electrons. The third kappa shape index (κ3) is 1.00. The van der Waals surface area contributed by atoms with Gasteiger partial charge in [0, 0.05) is 0 Å². The Balaban J connectivity index is 2.00. The lowest BCUT2D eigenvalue weighted by atomic mass is 10.0. The van der Waals surface area contributed by atoms with Crippen LogP contribution in [-0.4, -0.2) is 0 Å². The SMILES string of the molecule is [CH]1C[CH]C[CH]C1. The van der Waals surface area contributed by atoms with E-state index in [1.165, 1.54) is 19.3 Å². The highest BCUT2D eigenvalue weighted by Gasteiger charge is 1.96. The largest absolute Gasteiger partial charge is 0.0470 e. The molecule has 0 atom stereocenters. The van der Waals surface area contributed by atoms with Crippen molar-refractivity contribution in [3.8, 4) is 0 Å². The Bertz CT molecular complexity index is 15.5. The minimum absolute atomic E-state index is 1.22. The van der Waals surface area contributed by atoms with E-state index in [4.69, 9.17) is 0 Å². The van der Waals surface area contributed by atoms with Gasteiger partial charge in [-0.3, -0.25) is 0 Å². The van der Waals surface area contributed by atoms with Gasteiger partial charge in [0.1, 0.15) is 0 Å². The molecule has 0 N–H and O–H groups in total. The van der Waals surface area contributed by atoms with Crippen molar-refractivity contribution in [2.24, 2.45) is 0 Å². The van der Waals surface area contributed by atoms with E-state index >= 15 is 0 Å². The molecule has 0 heterocycles. The van der Waals surface area contributed by atoms with Crippen molar-refractivity contribution < 1.29 is 0 Å². The van der Waals surface area contributed by atoms with Crippen LogP contribution in [0.1, 0.15) is 19.3 Å².